The lowest BCUT2D eigenvalue weighted by atomic mass is 9.87. The standard InChI is InChI=1S/C11H23N2O7PS/c1-11(2,7-20-21(17,18)19)9(15)10(16)13-4-3-8(14)12-5-6-22/h9,15,22H,3-7H2,1-2H3,(H,12,14)(H,13,16)(H2,17,18,19)/t9-/m0/s1/i5D2,6D2. The summed E-state index contributed by atoms with van der Waals surface area (Å²) in [7, 11) is -4.77. The van der Waals surface area contributed by atoms with Crippen molar-refractivity contribution < 1.29 is 39.1 Å². The molecule has 130 valence electrons. The highest BCUT2D eigenvalue weighted by Crippen LogP contribution is 2.38. The zero-order valence-corrected chi connectivity index (χ0v) is 13.9. The van der Waals surface area contributed by atoms with Gasteiger partial charge in [0.1, 0.15) is 6.10 Å². The van der Waals surface area contributed by atoms with Crippen molar-refractivity contribution in [3.05, 3.63) is 0 Å². The Labute approximate surface area is 140 Å². The zero-order valence-electron chi connectivity index (χ0n) is 16.1. The molecule has 0 aliphatic rings. The van der Waals surface area contributed by atoms with Crippen molar-refractivity contribution in [3.63, 3.8) is 0 Å². The first kappa shape index (κ1) is 14.9. The number of amides is 2. The van der Waals surface area contributed by atoms with Gasteiger partial charge in [-0.05, 0) is 0 Å². The summed E-state index contributed by atoms with van der Waals surface area (Å²) in [5.41, 5.74) is -3.96. The molecule has 0 aliphatic carbocycles. The molecule has 0 saturated carbocycles. The minimum absolute atomic E-state index is 0.289. The van der Waals surface area contributed by atoms with E-state index in [1.54, 1.807) is 5.32 Å². The van der Waals surface area contributed by atoms with E-state index in [2.05, 4.69) is 22.5 Å². The highest BCUT2D eigenvalue weighted by atomic mass is 32.1. The molecule has 0 unspecified atom stereocenters. The maximum atomic E-state index is 11.9. The number of thiol groups is 1. The lowest BCUT2D eigenvalue weighted by Crippen LogP contribution is -2.46. The lowest BCUT2D eigenvalue weighted by Gasteiger charge is -2.29. The van der Waals surface area contributed by atoms with E-state index >= 15 is 0 Å². The van der Waals surface area contributed by atoms with Gasteiger partial charge in [0.15, 0.2) is 0 Å². The average Bonchev–Trinajstić information content (AvgIpc) is 2.41. The van der Waals surface area contributed by atoms with Crippen LogP contribution in [0.25, 0.3) is 0 Å². The molecule has 0 aromatic rings. The van der Waals surface area contributed by atoms with E-state index < -0.39 is 56.4 Å². The second-order valence-electron chi connectivity index (χ2n) is 4.98. The lowest BCUT2D eigenvalue weighted by molar-refractivity contribution is -0.137. The summed E-state index contributed by atoms with van der Waals surface area (Å²) in [5.74, 6) is -1.82. The molecule has 9 nitrogen and oxygen atoms in total. The molecule has 0 bridgehead atoms. The molecular weight excluding hydrogens is 335 g/mol. The molecule has 0 heterocycles. The van der Waals surface area contributed by atoms with Crippen molar-refractivity contribution in [3.8, 4) is 0 Å². The van der Waals surface area contributed by atoms with Crippen LogP contribution in [0.3, 0.4) is 0 Å². The fourth-order valence-corrected chi connectivity index (χ4v) is 1.80. The van der Waals surface area contributed by atoms with E-state index in [4.69, 9.17) is 15.3 Å². The number of phosphoric ester groups is 1. The van der Waals surface area contributed by atoms with Crippen molar-refractivity contribution in [2.45, 2.75) is 26.4 Å². The fraction of sp³-hybridized carbons (Fsp3) is 0.818. The first-order chi connectivity index (χ1) is 11.4. The van der Waals surface area contributed by atoms with E-state index in [9.17, 15) is 19.3 Å². The molecule has 0 spiro atoms. The van der Waals surface area contributed by atoms with Crippen LogP contribution in [0.1, 0.15) is 25.8 Å². The van der Waals surface area contributed by atoms with E-state index in [0.717, 1.165) is 0 Å². The minimum Gasteiger partial charge on any atom is -0.383 e. The third-order valence-electron chi connectivity index (χ3n) is 2.50. The van der Waals surface area contributed by atoms with Crippen LogP contribution in [-0.4, -0.2) is 58.2 Å². The smallest absolute Gasteiger partial charge is 0.383 e. The van der Waals surface area contributed by atoms with Gasteiger partial charge in [-0.3, -0.25) is 14.1 Å². The van der Waals surface area contributed by atoms with Gasteiger partial charge in [-0.2, -0.15) is 12.6 Å². The first-order valence-electron chi connectivity index (χ1n) is 8.08. The first-order valence-corrected chi connectivity index (χ1v) is 8.06. The Hall–Kier alpha value is -0.640. The number of hydrogen-bond donors (Lipinski definition) is 6. The second-order valence-corrected chi connectivity index (χ2v) is 6.44. The Morgan fingerprint density at radius 1 is 1.41 bits per heavy atom. The monoisotopic (exact) mass is 362 g/mol. The van der Waals surface area contributed by atoms with Crippen LogP contribution in [0.5, 0.6) is 0 Å². The molecule has 0 radical (unpaired) electrons. The van der Waals surface area contributed by atoms with Crippen molar-refractivity contribution >= 4 is 32.3 Å². The van der Waals surface area contributed by atoms with Crippen molar-refractivity contribution in [2.24, 2.45) is 5.41 Å². The number of phosphoric acid groups is 1. The molecule has 0 saturated heterocycles. The molecule has 11 heteroatoms. The summed E-state index contributed by atoms with van der Waals surface area (Å²) in [5, 5.41) is 13.9. The van der Waals surface area contributed by atoms with Gasteiger partial charge in [-0.25, -0.2) is 4.57 Å². The number of rotatable bonds is 10. The molecule has 0 fully saturated rings. The maximum Gasteiger partial charge on any atom is 0.469 e. The van der Waals surface area contributed by atoms with E-state index in [0.29, 0.717) is 0 Å². The predicted octanol–water partition coefficient (Wildman–Crippen LogP) is -0.965. The van der Waals surface area contributed by atoms with Gasteiger partial charge in [0.25, 0.3) is 0 Å². The Bertz CT molecular complexity index is 567. The molecule has 0 rings (SSSR count). The average molecular weight is 362 g/mol. The van der Waals surface area contributed by atoms with Gasteiger partial charge in [-0.1, -0.05) is 13.8 Å². The van der Waals surface area contributed by atoms with Crippen LogP contribution in [0.15, 0.2) is 0 Å². The van der Waals surface area contributed by atoms with Gasteiger partial charge >= 0.3 is 7.82 Å². The Morgan fingerprint density at radius 2 is 2.00 bits per heavy atom. The van der Waals surface area contributed by atoms with Gasteiger partial charge in [-0.15, -0.1) is 0 Å². The number of carbonyl (C=O) groups excluding carboxylic acids is 2. The summed E-state index contributed by atoms with van der Waals surface area (Å²) in [6.45, 7) is -0.961. The van der Waals surface area contributed by atoms with Crippen molar-refractivity contribution in [2.75, 3.05) is 25.4 Å². The molecule has 5 N–H and O–H groups in total. The molecule has 0 aromatic heterocycles. The normalized spacial score (nSPS) is 17.5. The van der Waals surface area contributed by atoms with E-state index in [-0.39, 0.29) is 6.54 Å². The largest absolute Gasteiger partial charge is 0.469 e. The Kier molecular flexibility index (Phi) is 6.44. The summed E-state index contributed by atoms with van der Waals surface area (Å²) in [6.07, 6.45) is -2.10. The highest BCUT2D eigenvalue weighted by Gasteiger charge is 2.35. The molecule has 0 aromatic carbocycles. The molecule has 1 atom stereocenters. The number of carbonyl (C=O) groups is 2. The van der Waals surface area contributed by atoms with Crippen LogP contribution in [0, 0.1) is 5.41 Å². The maximum absolute atomic E-state index is 11.9. The number of aliphatic hydroxyl groups is 1. The number of nitrogens with one attached hydrogen (secondary N) is 2. The summed E-state index contributed by atoms with van der Waals surface area (Å²) in [6, 6.07) is 0. The highest BCUT2D eigenvalue weighted by molar-refractivity contribution is 7.80. The summed E-state index contributed by atoms with van der Waals surface area (Å²) in [4.78, 5) is 40.8. The van der Waals surface area contributed by atoms with Crippen molar-refractivity contribution in [1.29, 1.82) is 0 Å². The van der Waals surface area contributed by atoms with Crippen LogP contribution >= 0.6 is 20.5 Å². The quantitative estimate of drug-likeness (QED) is 0.217. The van der Waals surface area contributed by atoms with Gasteiger partial charge in [0.05, 0.1) is 6.61 Å². The summed E-state index contributed by atoms with van der Waals surface area (Å²) >= 11 is 3.41. The third kappa shape index (κ3) is 9.39. The van der Waals surface area contributed by atoms with Gasteiger partial charge in [0.2, 0.25) is 11.8 Å². The van der Waals surface area contributed by atoms with Crippen LogP contribution in [0.2, 0.25) is 0 Å². The molecule has 2 amide bonds. The Balaban J connectivity index is 4.49. The van der Waals surface area contributed by atoms with E-state index in [1.807, 2.05) is 0 Å². The number of hydrogen-bond acceptors (Lipinski definition) is 6. The Morgan fingerprint density at radius 3 is 2.50 bits per heavy atom. The van der Waals surface area contributed by atoms with Gasteiger partial charge in [0, 0.05) is 36.1 Å². The minimum atomic E-state index is -4.77. The molecular formula is C11H23N2O7PS. The van der Waals surface area contributed by atoms with E-state index in [1.165, 1.54) is 13.8 Å². The topological polar surface area (TPSA) is 145 Å². The molecule has 0 aliphatic heterocycles. The van der Waals surface area contributed by atoms with Gasteiger partial charge < -0.3 is 25.5 Å². The van der Waals surface area contributed by atoms with Crippen LogP contribution < -0.4 is 10.6 Å². The molecule has 22 heavy (non-hydrogen) atoms. The van der Waals surface area contributed by atoms with Crippen molar-refractivity contribution in [1.82, 2.24) is 10.6 Å². The fourth-order valence-electron chi connectivity index (χ4n) is 1.24. The van der Waals surface area contributed by atoms with Crippen LogP contribution in [0.4, 0.5) is 0 Å². The second kappa shape index (κ2) is 9.49. The zero-order chi connectivity index (χ0) is 21.0. The number of aliphatic hydroxyl groups excluding tert-OH is 1. The summed E-state index contributed by atoms with van der Waals surface area (Å²) < 4.78 is 44.0. The predicted molar refractivity (Wildman–Crippen MR) is 82.3 cm³/mol. The SMILES string of the molecule is [2H]C([2H])(S)C([2H])([2H])NC(=O)CCNC(=O)[C@H](O)C(C)(C)COP(=O)(O)O. The van der Waals surface area contributed by atoms with Crippen LogP contribution in [-0.2, 0) is 18.7 Å². The third-order valence-corrected chi connectivity index (χ3v) is 3.08.